The number of benzene rings is 1. The molecule has 0 bridgehead atoms. The van der Waals surface area contributed by atoms with Gasteiger partial charge >= 0.3 is 0 Å². The highest BCUT2D eigenvalue weighted by molar-refractivity contribution is 5.39. The van der Waals surface area contributed by atoms with E-state index < -0.39 is 0 Å². The van der Waals surface area contributed by atoms with Crippen molar-refractivity contribution in [2.45, 2.75) is 6.54 Å². The molecule has 60 valence electrons. The van der Waals surface area contributed by atoms with E-state index in [1.165, 1.54) is 0 Å². The topological polar surface area (TPSA) is 83.5 Å². The van der Waals surface area contributed by atoms with Crippen molar-refractivity contribution in [3.8, 4) is 0 Å². The predicted octanol–water partition coefficient (Wildman–Crippen LogP) is 0.395. The smallest absolute Gasteiger partial charge is 0.0314 e. The predicted molar refractivity (Wildman–Crippen MR) is 46.6 cm³/mol. The molecule has 3 heteroatoms. The van der Waals surface area contributed by atoms with E-state index in [4.69, 9.17) is 11.5 Å². The van der Waals surface area contributed by atoms with Crippen molar-refractivity contribution in [3.05, 3.63) is 29.8 Å². The zero-order valence-electron chi connectivity index (χ0n) is 5.67. The maximum atomic E-state index is 5.44. The second-order valence-corrected chi connectivity index (χ2v) is 1.95. The number of rotatable bonds is 1. The minimum atomic E-state index is 0. The molecule has 0 amide bonds. The lowest BCUT2D eigenvalue weighted by Gasteiger charge is -1.94. The van der Waals surface area contributed by atoms with E-state index in [0.717, 1.165) is 11.3 Å². The fourth-order valence-electron chi connectivity index (χ4n) is 0.654. The van der Waals surface area contributed by atoms with Crippen molar-refractivity contribution < 1.29 is 8.33 Å². The van der Waals surface area contributed by atoms with Gasteiger partial charge in [-0.3, -0.25) is 0 Å². The Labute approximate surface area is 62.9 Å². The second-order valence-electron chi connectivity index (χ2n) is 1.95. The van der Waals surface area contributed by atoms with Gasteiger partial charge in [-0.2, -0.15) is 0 Å². The summed E-state index contributed by atoms with van der Waals surface area (Å²) in [5.41, 5.74) is 12.7. The highest BCUT2D eigenvalue weighted by atomic mass is 16.0. The molecular formula is C7H16N2O. The van der Waals surface area contributed by atoms with Crippen molar-refractivity contribution in [1.82, 2.24) is 0 Å². The van der Waals surface area contributed by atoms with Crippen LogP contribution in [0.2, 0.25) is 0 Å². The van der Waals surface area contributed by atoms with Gasteiger partial charge in [0.2, 0.25) is 0 Å². The van der Waals surface area contributed by atoms with Gasteiger partial charge in [-0.05, 0) is 17.7 Å². The molecule has 0 aliphatic rings. The molecule has 0 fully saturated rings. The maximum Gasteiger partial charge on any atom is 0.0314 e. The minimum absolute atomic E-state index is 0. The van der Waals surface area contributed by atoms with Crippen LogP contribution in [0.25, 0.3) is 0 Å². The number of nitrogen functional groups attached to an aromatic ring is 1. The van der Waals surface area contributed by atoms with Crippen LogP contribution in [-0.4, -0.2) is 5.48 Å². The van der Waals surface area contributed by atoms with Crippen molar-refractivity contribution in [3.63, 3.8) is 0 Å². The lowest BCUT2D eigenvalue weighted by atomic mass is 10.2. The molecule has 0 atom stereocenters. The first kappa shape index (κ1) is 8.94. The highest BCUT2D eigenvalue weighted by Crippen LogP contribution is 2.03. The zero-order chi connectivity index (χ0) is 6.69. The second kappa shape index (κ2) is 3.87. The molecule has 0 aromatic heterocycles. The standard InChI is InChI=1S/C7H10N2.H2O.2H2/c8-5-6-1-3-7(9)4-2-6;;;/h1-4H,5,8-9H2;1H2;2*1H. The molecule has 10 heavy (non-hydrogen) atoms. The largest absolute Gasteiger partial charge is 0.412 e. The summed E-state index contributed by atoms with van der Waals surface area (Å²) in [7, 11) is 0. The summed E-state index contributed by atoms with van der Waals surface area (Å²) in [6.45, 7) is 0.584. The third-order valence-electron chi connectivity index (χ3n) is 1.22. The van der Waals surface area contributed by atoms with Crippen molar-refractivity contribution >= 4 is 5.69 Å². The van der Waals surface area contributed by atoms with E-state index in [9.17, 15) is 0 Å². The van der Waals surface area contributed by atoms with Gasteiger partial charge in [0.15, 0.2) is 0 Å². The fraction of sp³-hybridized carbons (Fsp3) is 0.143. The average molecular weight is 144 g/mol. The molecule has 3 nitrogen and oxygen atoms in total. The molecule has 0 spiro atoms. The van der Waals surface area contributed by atoms with Gasteiger partial charge in [0.25, 0.3) is 0 Å². The summed E-state index contributed by atoms with van der Waals surface area (Å²) in [5, 5.41) is 0. The molecule has 0 saturated heterocycles. The Balaban J connectivity index is -0.000000270. The van der Waals surface area contributed by atoms with Gasteiger partial charge in [0.05, 0.1) is 0 Å². The SMILES string of the molecule is NCc1ccc(N)cc1.O.[HH].[HH]. The molecule has 0 saturated carbocycles. The summed E-state index contributed by atoms with van der Waals surface area (Å²) in [4.78, 5) is 0. The van der Waals surface area contributed by atoms with E-state index in [0.29, 0.717) is 6.54 Å². The summed E-state index contributed by atoms with van der Waals surface area (Å²) >= 11 is 0. The summed E-state index contributed by atoms with van der Waals surface area (Å²) in [6.07, 6.45) is 0. The quantitative estimate of drug-likeness (QED) is 0.559. The molecule has 0 aliphatic carbocycles. The van der Waals surface area contributed by atoms with E-state index in [-0.39, 0.29) is 8.33 Å². The van der Waals surface area contributed by atoms with Crippen LogP contribution >= 0.6 is 0 Å². The Hall–Kier alpha value is -1.06. The van der Waals surface area contributed by atoms with Crippen LogP contribution in [0.4, 0.5) is 5.69 Å². The van der Waals surface area contributed by atoms with E-state index in [1.807, 2.05) is 24.3 Å². The van der Waals surface area contributed by atoms with Gasteiger partial charge in [-0.1, -0.05) is 12.1 Å². The van der Waals surface area contributed by atoms with Gasteiger partial charge in [-0.15, -0.1) is 0 Å². The van der Waals surface area contributed by atoms with Crippen LogP contribution in [0, 0.1) is 0 Å². The molecule has 1 aromatic rings. The van der Waals surface area contributed by atoms with Crippen molar-refractivity contribution in [1.29, 1.82) is 0 Å². The number of anilines is 1. The molecule has 1 rings (SSSR count). The van der Waals surface area contributed by atoms with Crippen LogP contribution < -0.4 is 11.5 Å². The minimum Gasteiger partial charge on any atom is -0.412 e. The van der Waals surface area contributed by atoms with Gasteiger partial charge in [0, 0.05) is 15.1 Å². The van der Waals surface area contributed by atoms with E-state index in [1.54, 1.807) is 0 Å². The summed E-state index contributed by atoms with van der Waals surface area (Å²) in [5.74, 6) is 0. The van der Waals surface area contributed by atoms with Crippen LogP contribution in [0.1, 0.15) is 8.42 Å². The van der Waals surface area contributed by atoms with Crippen LogP contribution in [0.5, 0.6) is 0 Å². The normalized spacial score (nSPS) is 8.50. The Morgan fingerprint density at radius 2 is 1.70 bits per heavy atom. The highest BCUT2D eigenvalue weighted by Gasteiger charge is 1.85. The Kier molecular flexibility index (Phi) is 3.46. The summed E-state index contributed by atoms with van der Waals surface area (Å²) in [6, 6.07) is 7.55. The number of hydrogen-bond donors (Lipinski definition) is 2. The monoisotopic (exact) mass is 144 g/mol. The Morgan fingerprint density at radius 1 is 1.20 bits per heavy atom. The van der Waals surface area contributed by atoms with Crippen LogP contribution in [-0.2, 0) is 6.54 Å². The molecule has 0 aliphatic heterocycles. The van der Waals surface area contributed by atoms with E-state index in [2.05, 4.69) is 0 Å². The van der Waals surface area contributed by atoms with E-state index >= 15 is 0 Å². The first-order valence-electron chi connectivity index (χ1n) is 2.87. The maximum absolute atomic E-state index is 5.44. The van der Waals surface area contributed by atoms with Crippen molar-refractivity contribution in [2.24, 2.45) is 5.73 Å². The van der Waals surface area contributed by atoms with Crippen molar-refractivity contribution in [2.75, 3.05) is 5.73 Å². The molecule has 1 aromatic carbocycles. The first-order valence-corrected chi connectivity index (χ1v) is 2.87. The first-order chi connectivity index (χ1) is 4.33. The fourth-order valence-corrected chi connectivity index (χ4v) is 0.654. The lowest BCUT2D eigenvalue weighted by Crippen LogP contribution is -1.95. The zero-order valence-corrected chi connectivity index (χ0v) is 5.67. The summed E-state index contributed by atoms with van der Waals surface area (Å²) < 4.78 is 0. The average Bonchev–Trinajstić information content (AvgIpc) is 1.90. The Bertz CT molecular complexity index is 191. The molecule has 0 heterocycles. The van der Waals surface area contributed by atoms with Gasteiger partial charge < -0.3 is 16.9 Å². The molecule has 0 radical (unpaired) electrons. The number of nitrogens with two attached hydrogens (primary N) is 2. The number of hydrogen-bond acceptors (Lipinski definition) is 2. The molecular weight excluding hydrogens is 128 g/mol. The van der Waals surface area contributed by atoms with Gasteiger partial charge in [-0.25, -0.2) is 0 Å². The van der Waals surface area contributed by atoms with Crippen LogP contribution in [0.15, 0.2) is 24.3 Å². The Morgan fingerprint density at radius 3 is 2.10 bits per heavy atom. The third-order valence-corrected chi connectivity index (χ3v) is 1.22. The third kappa shape index (κ3) is 2.05. The van der Waals surface area contributed by atoms with Gasteiger partial charge in [0.1, 0.15) is 0 Å². The van der Waals surface area contributed by atoms with Crippen LogP contribution in [0.3, 0.4) is 0 Å². The molecule has 0 unspecified atom stereocenters. The molecule has 6 N–H and O–H groups in total. The lowest BCUT2D eigenvalue weighted by molar-refractivity contribution is 0.824.